The number of aromatic nitrogens is 2. The molecule has 2 aromatic carbocycles. The van der Waals surface area contributed by atoms with E-state index in [9.17, 15) is 24.9 Å². The van der Waals surface area contributed by atoms with Crippen LogP contribution in [0, 0.1) is 13.8 Å². The molecule has 32 heavy (non-hydrogen) atoms. The Bertz CT molecular complexity index is 1250. The van der Waals surface area contributed by atoms with Gasteiger partial charge in [0.05, 0.1) is 12.2 Å². The van der Waals surface area contributed by atoms with E-state index in [1.165, 1.54) is 6.20 Å². The van der Waals surface area contributed by atoms with E-state index in [4.69, 9.17) is 4.74 Å². The number of nitrogens with zero attached hydrogens (tertiary/aromatic N) is 1. The Hall–Kier alpha value is -3.04. The molecule has 0 aliphatic carbocycles. The molecule has 2 heterocycles. The molecule has 0 saturated carbocycles. The molecule has 1 aliphatic heterocycles. The summed E-state index contributed by atoms with van der Waals surface area (Å²) < 4.78 is 7.26. The topological polar surface area (TPSA) is 125 Å². The van der Waals surface area contributed by atoms with Crippen molar-refractivity contribution in [2.24, 2.45) is 0 Å². The van der Waals surface area contributed by atoms with Gasteiger partial charge in [0.15, 0.2) is 0 Å². The van der Waals surface area contributed by atoms with E-state index in [2.05, 4.69) is 4.98 Å². The van der Waals surface area contributed by atoms with Crippen molar-refractivity contribution in [2.45, 2.75) is 50.9 Å². The van der Waals surface area contributed by atoms with Crippen LogP contribution in [0.1, 0.15) is 46.6 Å². The molecule has 0 spiro atoms. The summed E-state index contributed by atoms with van der Waals surface area (Å²) in [5.41, 5.74) is -0.195. The first-order chi connectivity index (χ1) is 15.3. The molecular formula is C24H26N2O6. The van der Waals surface area contributed by atoms with Crippen LogP contribution < -0.4 is 11.2 Å². The fraction of sp³-hybridized carbons (Fsp3) is 0.333. The van der Waals surface area contributed by atoms with E-state index >= 15 is 0 Å². The van der Waals surface area contributed by atoms with Gasteiger partial charge >= 0.3 is 5.69 Å². The third-order valence-electron chi connectivity index (χ3n) is 6.19. The molecule has 8 nitrogen and oxygen atoms in total. The van der Waals surface area contributed by atoms with Crippen molar-refractivity contribution in [1.29, 1.82) is 0 Å². The predicted octanol–water partition coefficient (Wildman–Crippen LogP) is 1.55. The van der Waals surface area contributed by atoms with Gasteiger partial charge in [0.2, 0.25) is 0 Å². The summed E-state index contributed by atoms with van der Waals surface area (Å²) in [6.45, 7) is 3.16. The number of aliphatic hydroxyl groups is 3. The Morgan fingerprint density at radius 1 is 1.12 bits per heavy atom. The number of aromatic amines is 1. The third-order valence-corrected chi connectivity index (χ3v) is 6.19. The van der Waals surface area contributed by atoms with Gasteiger partial charge in [-0.25, -0.2) is 4.79 Å². The molecule has 1 fully saturated rings. The third kappa shape index (κ3) is 3.71. The van der Waals surface area contributed by atoms with E-state index in [0.29, 0.717) is 11.1 Å². The SMILES string of the molecule is Cc1ccccc1C(O)[C@H]1O[C@@H](n2cc(CO)c(=O)[nH]c2=O)C[C@@]1(O)c1ccccc1C. The summed E-state index contributed by atoms with van der Waals surface area (Å²) in [5.74, 6) is 0. The van der Waals surface area contributed by atoms with Crippen LogP contribution in [0.4, 0.5) is 0 Å². The van der Waals surface area contributed by atoms with Gasteiger partial charge in [0.1, 0.15) is 24.0 Å². The molecule has 0 radical (unpaired) electrons. The minimum absolute atomic E-state index is 0.00414. The maximum Gasteiger partial charge on any atom is 0.330 e. The highest BCUT2D eigenvalue weighted by Gasteiger charge is 2.53. The first kappa shape index (κ1) is 22.2. The average Bonchev–Trinajstić information content (AvgIpc) is 3.12. The molecule has 1 aromatic heterocycles. The molecule has 1 saturated heterocycles. The zero-order chi connectivity index (χ0) is 23.0. The minimum atomic E-state index is -1.62. The van der Waals surface area contributed by atoms with Crippen molar-refractivity contribution < 1.29 is 20.1 Å². The van der Waals surface area contributed by atoms with Crippen LogP contribution in [-0.4, -0.2) is 31.0 Å². The molecule has 4 N–H and O–H groups in total. The molecule has 1 unspecified atom stereocenters. The molecule has 3 aromatic rings. The van der Waals surface area contributed by atoms with Gasteiger partial charge in [0.25, 0.3) is 5.56 Å². The first-order valence-corrected chi connectivity index (χ1v) is 10.4. The number of aryl methyl sites for hydroxylation is 2. The summed E-state index contributed by atoms with van der Waals surface area (Å²) >= 11 is 0. The van der Waals surface area contributed by atoms with E-state index in [1.807, 2.05) is 38.1 Å². The molecule has 4 rings (SSSR count). The second-order valence-corrected chi connectivity index (χ2v) is 8.24. The molecule has 4 atom stereocenters. The Labute approximate surface area is 184 Å². The number of H-pyrrole nitrogens is 1. The van der Waals surface area contributed by atoms with E-state index in [0.717, 1.165) is 15.7 Å². The number of nitrogens with one attached hydrogen (secondary N) is 1. The first-order valence-electron chi connectivity index (χ1n) is 10.4. The van der Waals surface area contributed by atoms with Gasteiger partial charge < -0.3 is 20.1 Å². The van der Waals surface area contributed by atoms with Gasteiger partial charge in [-0.3, -0.25) is 14.3 Å². The Morgan fingerprint density at radius 3 is 2.44 bits per heavy atom. The minimum Gasteiger partial charge on any atom is -0.391 e. The zero-order valence-corrected chi connectivity index (χ0v) is 17.9. The number of hydrogen-bond donors (Lipinski definition) is 4. The predicted molar refractivity (Wildman–Crippen MR) is 117 cm³/mol. The van der Waals surface area contributed by atoms with Crippen LogP contribution >= 0.6 is 0 Å². The van der Waals surface area contributed by atoms with Crippen LogP contribution in [0.3, 0.4) is 0 Å². The second-order valence-electron chi connectivity index (χ2n) is 8.24. The van der Waals surface area contributed by atoms with E-state index in [-0.39, 0.29) is 12.0 Å². The monoisotopic (exact) mass is 438 g/mol. The van der Waals surface area contributed by atoms with Gasteiger partial charge in [-0.2, -0.15) is 0 Å². The maximum atomic E-state index is 12.5. The smallest absolute Gasteiger partial charge is 0.330 e. The highest BCUT2D eigenvalue weighted by Crippen LogP contribution is 2.48. The molecule has 0 bridgehead atoms. The van der Waals surface area contributed by atoms with Crippen LogP contribution in [0.5, 0.6) is 0 Å². The molecule has 168 valence electrons. The van der Waals surface area contributed by atoms with Crippen molar-refractivity contribution in [3.8, 4) is 0 Å². The lowest BCUT2D eigenvalue weighted by molar-refractivity contribution is -0.122. The van der Waals surface area contributed by atoms with Crippen molar-refractivity contribution in [2.75, 3.05) is 0 Å². The fourth-order valence-corrected chi connectivity index (χ4v) is 4.47. The van der Waals surface area contributed by atoms with E-state index in [1.54, 1.807) is 24.3 Å². The number of hydrogen-bond acceptors (Lipinski definition) is 6. The largest absolute Gasteiger partial charge is 0.391 e. The number of aliphatic hydroxyl groups excluding tert-OH is 2. The quantitative estimate of drug-likeness (QED) is 0.479. The summed E-state index contributed by atoms with van der Waals surface area (Å²) in [4.78, 5) is 26.5. The standard InChI is InChI=1S/C24H26N2O6/c1-14-7-3-5-9-17(14)20(28)21-24(31,18-10-6-4-8-15(18)2)11-19(32-21)26-12-16(13-27)22(29)25-23(26)30/h3-10,12,19-21,27-28,31H,11,13H2,1-2H3,(H,25,29,30)/t19-,20?,21-,24-/m1/s1. The van der Waals surface area contributed by atoms with Gasteiger partial charge in [0, 0.05) is 12.6 Å². The molecule has 1 aliphatic rings. The second kappa shape index (κ2) is 8.48. The lowest BCUT2D eigenvalue weighted by Crippen LogP contribution is -2.40. The van der Waals surface area contributed by atoms with Crippen LogP contribution in [0.2, 0.25) is 0 Å². The molecule has 8 heteroatoms. The van der Waals surface area contributed by atoms with Crippen molar-refractivity contribution >= 4 is 0 Å². The summed E-state index contributed by atoms with van der Waals surface area (Å²) in [6, 6.07) is 14.5. The number of ether oxygens (including phenoxy) is 1. The number of rotatable bonds is 5. The van der Waals surface area contributed by atoms with Crippen molar-refractivity contribution in [1.82, 2.24) is 9.55 Å². The van der Waals surface area contributed by atoms with Crippen molar-refractivity contribution in [3.63, 3.8) is 0 Å². The van der Waals surface area contributed by atoms with Crippen LogP contribution in [0.25, 0.3) is 0 Å². The van der Waals surface area contributed by atoms with E-state index < -0.39 is 41.9 Å². The van der Waals surface area contributed by atoms with Gasteiger partial charge in [-0.15, -0.1) is 0 Å². The normalized spacial score (nSPS) is 23.9. The fourth-order valence-electron chi connectivity index (χ4n) is 4.47. The number of benzene rings is 2. The highest BCUT2D eigenvalue weighted by molar-refractivity contribution is 5.36. The highest BCUT2D eigenvalue weighted by atomic mass is 16.5. The van der Waals surface area contributed by atoms with Crippen LogP contribution in [0.15, 0.2) is 64.3 Å². The van der Waals surface area contributed by atoms with Crippen LogP contribution in [-0.2, 0) is 16.9 Å². The van der Waals surface area contributed by atoms with Gasteiger partial charge in [-0.05, 0) is 36.1 Å². The Balaban J connectivity index is 1.84. The molecule has 0 amide bonds. The van der Waals surface area contributed by atoms with Gasteiger partial charge in [-0.1, -0.05) is 48.5 Å². The Kier molecular flexibility index (Phi) is 5.87. The lowest BCUT2D eigenvalue weighted by atomic mass is 9.80. The maximum absolute atomic E-state index is 12.5. The zero-order valence-electron chi connectivity index (χ0n) is 17.9. The average molecular weight is 438 g/mol. The summed E-state index contributed by atoms with van der Waals surface area (Å²) in [5, 5.41) is 32.7. The summed E-state index contributed by atoms with van der Waals surface area (Å²) in [6.07, 6.45) is -2.06. The summed E-state index contributed by atoms with van der Waals surface area (Å²) in [7, 11) is 0. The van der Waals surface area contributed by atoms with Crippen molar-refractivity contribution in [3.05, 3.63) is 103 Å². The lowest BCUT2D eigenvalue weighted by Gasteiger charge is -2.33. The Morgan fingerprint density at radius 2 is 1.78 bits per heavy atom. The molecular weight excluding hydrogens is 412 g/mol.